The van der Waals surface area contributed by atoms with Gasteiger partial charge in [-0.25, -0.2) is 0 Å². The number of benzene rings is 9. The van der Waals surface area contributed by atoms with Gasteiger partial charge in [-0.1, -0.05) is 170 Å². The molecule has 0 unspecified atom stereocenters. The lowest BCUT2D eigenvalue weighted by atomic mass is 9.84. The van der Waals surface area contributed by atoms with Crippen molar-refractivity contribution in [3.8, 4) is 44.5 Å². The lowest BCUT2D eigenvalue weighted by molar-refractivity contribution is 1.62. The van der Waals surface area contributed by atoms with Gasteiger partial charge < -0.3 is 0 Å². The van der Waals surface area contributed by atoms with E-state index in [-0.39, 0.29) is 0 Å². The van der Waals surface area contributed by atoms with Crippen molar-refractivity contribution in [1.82, 2.24) is 0 Å². The summed E-state index contributed by atoms with van der Waals surface area (Å²) in [4.78, 5) is 0. The van der Waals surface area contributed by atoms with Crippen LogP contribution in [0.2, 0.25) is 0 Å². The minimum absolute atomic E-state index is 1.23. The van der Waals surface area contributed by atoms with Gasteiger partial charge in [0.05, 0.1) is 0 Å². The second-order valence-electron chi connectivity index (χ2n) is 11.6. The van der Waals surface area contributed by atoms with E-state index in [4.69, 9.17) is 0 Å². The molecule has 44 heavy (non-hydrogen) atoms. The molecular weight excluding hydrogens is 528 g/mol. The molecule has 0 N–H and O–H groups in total. The molecule has 0 atom stereocenters. The summed E-state index contributed by atoms with van der Waals surface area (Å²) in [5.74, 6) is 0. The third kappa shape index (κ3) is 3.78. The molecule has 0 heterocycles. The maximum absolute atomic E-state index is 2.33. The highest BCUT2D eigenvalue weighted by Crippen LogP contribution is 2.46. The topological polar surface area (TPSA) is 0 Å². The molecule has 0 radical (unpaired) electrons. The zero-order valence-electron chi connectivity index (χ0n) is 24.2. The Morgan fingerprint density at radius 2 is 0.591 bits per heavy atom. The standard InChI is InChI=1S/C44H28/c1-4-11-29(12-5-1)34-23-19-32-22-26-41-37(24-20-33-21-25-40(34)42(32)43(33)41)38-28-27-36(31-15-8-3-9-16-31)44-35(17-10-18-39(38)44)30-13-6-2-7-14-30/h1-28H. The molecule has 0 nitrogen and oxygen atoms in total. The molecule has 0 saturated heterocycles. The fourth-order valence-electron chi connectivity index (χ4n) is 7.26. The SMILES string of the molecule is c1ccc(-c2ccc3ccc4c(-c5ccc(-c6ccccc6)c6c(-c7ccccc7)cccc56)ccc5ccc2c3c54)cc1. The van der Waals surface area contributed by atoms with Gasteiger partial charge in [0.1, 0.15) is 0 Å². The normalized spacial score (nSPS) is 11.6. The van der Waals surface area contributed by atoms with Crippen LogP contribution in [0.1, 0.15) is 0 Å². The average Bonchev–Trinajstić information content (AvgIpc) is 3.11. The molecule has 9 aromatic carbocycles. The Labute approximate surface area is 256 Å². The Hall–Kier alpha value is -5.72. The second-order valence-corrected chi connectivity index (χ2v) is 11.6. The van der Waals surface area contributed by atoms with Crippen LogP contribution in [-0.2, 0) is 0 Å². The molecule has 0 aliphatic heterocycles. The van der Waals surface area contributed by atoms with Crippen LogP contribution >= 0.6 is 0 Å². The summed E-state index contributed by atoms with van der Waals surface area (Å²) in [7, 11) is 0. The van der Waals surface area contributed by atoms with Crippen molar-refractivity contribution < 1.29 is 0 Å². The van der Waals surface area contributed by atoms with Crippen LogP contribution in [-0.4, -0.2) is 0 Å². The molecule has 0 heteroatoms. The first-order chi connectivity index (χ1) is 21.8. The first kappa shape index (κ1) is 24.8. The van der Waals surface area contributed by atoms with Crippen molar-refractivity contribution in [3.05, 3.63) is 170 Å². The van der Waals surface area contributed by atoms with E-state index in [0.29, 0.717) is 0 Å². The van der Waals surface area contributed by atoms with Crippen LogP contribution in [0.25, 0.3) is 87.6 Å². The first-order valence-corrected chi connectivity index (χ1v) is 15.3. The van der Waals surface area contributed by atoms with Gasteiger partial charge in [0.15, 0.2) is 0 Å². The molecule has 0 saturated carbocycles. The van der Waals surface area contributed by atoms with E-state index in [2.05, 4.69) is 170 Å². The van der Waals surface area contributed by atoms with E-state index in [1.54, 1.807) is 0 Å². The van der Waals surface area contributed by atoms with Crippen LogP contribution in [0.4, 0.5) is 0 Å². The first-order valence-electron chi connectivity index (χ1n) is 15.3. The van der Waals surface area contributed by atoms with Crippen molar-refractivity contribution in [2.24, 2.45) is 0 Å². The summed E-state index contributed by atoms with van der Waals surface area (Å²) in [6, 6.07) is 62.2. The van der Waals surface area contributed by atoms with Crippen LogP contribution in [0.15, 0.2) is 170 Å². The smallest absolute Gasteiger partial charge is 0.00203 e. The fourth-order valence-corrected chi connectivity index (χ4v) is 7.26. The van der Waals surface area contributed by atoms with E-state index in [1.165, 1.54) is 87.6 Å². The molecule has 0 aromatic heterocycles. The van der Waals surface area contributed by atoms with Crippen molar-refractivity contribution in [2.45, 2.75) is 0 Å². The van der Waals surface area contributed by atoms with Crippen molar-refractivity contribution >= 4 is 43.1 Å². The summed E-state index contributed by atoms with van der Waals surface area (Å²) < 4.78 is 0. The summed E-state index contributed by atoms with van der Waals surface area (Å²) >= 11 is 0. The minimum atomic E-state index is 1.23. The summed E-state index contributed by atoms with van der Waals surface area (Å²) in [6.07, 6.45) is 0. The maximum Gasteiger partial charge on any atom is -0.00203 e. The van der Waals surface area contributed by atoms with Gasteiger partial charge in [-0.05, 0) is 87.6 Å². The molecule has 0 fully saturated rings. The van der Waals surface area contributed by atoms with Gasteiger partial charge in [-0.2, -0.15) is 0 Å². The molecule has 0 aliphatic rings. The van der Waals surface area contributed by atoms with Gasteiger partial charge in [0.2, 0.25) is 0 Å². The van der Waals surface area contributed by atoms with E-state index in [9.17, 15) is 0 Å². The quantitative estimate of drug-likeness (QED) is 0.189. The molecular formula is C44H28. The van der Waals surface area contributed by atoms with Crippen LogP contribution in [0, 0.1) is 0 Å². The highest BCUT2D eigenvalue weighted by atomic mass is 14.2. The second kappa shape index (κ2) is 9.93. The molecule has 204 valence electrons. The van der Waals surface area contributed by atoms with Crippen molar-refractivity contribution in [1.29, 1.82) is 0 Å². The maximum atomic E-state index is 2.33. The molecule has 0 aliphatic carbocycles. The summed E-state index contributed by atoms with van der Waals surface area (Å²) in [5.41, 5.74) is 10.0. The van der Waals surface area contributed by atoms with Gasteiger partial charge >= 0.3 is 0 Å². The predicted octanol–water partition coefficient (Wildman–Crippen LogP) is 12.4. The average molecular weight is 557 g/mol. The van der Waals surface area contributed by atoms with Crippen molar-refractivity contribution in [2.75, 3.05) is 0 Å². The monoisotopic (exact) mass is 556 g/mol. The van der Waals surface area contributed by atoms with Crippen LogP contribution in [0.3, 0.4) is 0 Å². The highest BCUT2D eigenvalue weighted by molar-refractivity contribution is 6.28. The summed E-state index contributed by atoms with van der Waals surface area (Å²) in [5, 5.41) is 10.4. The Kier molecular flexibility index (Phi) is 5.61. The number of rotatable bonds is 4. The Bertz CT molecular complexity index is 2410. The molecule has 0 spiro atoms. The number of hydrogen-bond acceptors (Lipinski definition) is 0. The van der Waals surface area contributed by atoms with E-state index < -0.39 is 0 Å². The van der Waals surface area contributed by atoms with Gasteiger partial charge in [0.25, 0.3) is 0 Å². The Morgan fingerprint density at radius 3 is 1.16 bits per heavy atom. The van der Waals surface area contributed by atoms with Crippen LogP contribution < -0.4 is 0 Å². The Morgan fingerprint density at radius 1 is 0.205 bits per heavy atom. The van der Waals surface area contributed by atoms with E-state index in [0.717, 1.165) is 0 Å². The van der Waals surface area contributed by atoms with Crippen LogP contribution in [0.5, 0.6) is 0 Å². The van der Waals surface area contributed by atoms with E-state index >= 15 is 0 Å². The highest BCUT2D eigenvalue weighted by Gasteiger charge is 2.18. The zero-order chi connectivity index (χ0) is 29.0. The number of fused-ring (bicyclic) bond motifs is 1. The molecule has 0 amide bonds. The van der Waals surface area contributed by atoms with Gasteiger partial charge in [-0.3, -0.25) is 0 Å². The van der Waals surface area contributed by atoms with E-state index in [1.807, 2.05) is 0 Å². The molecule has 0 bridgehead atoms. The predicted molar refractivity (Wildman–Crippen MR) is 189 cm³/mol. The largest absolute Gasteiger partial charge is 0.0622 e. The Balaban J connectivity index is 1.36. The molecule has 9 rings (SSSR count). The van der Waals surface area contributed by atoms with Gasteiger partial charge in [0, 0.05) is 0 Å². The fraction of sp³-hybridized carbons (Fsp3) is 0. The third-order valence-electron chi connectivity index (χ3n) is 9.25. The van der Waals surface area contributed by atoms with Crippen molar-refractivity contribution in [3.63, 3.8) is 0 Å². The summed E-state index contributed by atoms with van der Waals surface area (Å²) in [6.45, 7) is 0. The zero-order valence-corrected chi connectivity index (χ0v) is 24.2. The lowest BCUT2D eigenvalue weighted by Crippen LogP contribution is -1.92. The third-order valence-corrected chi connectivity index (χ3v) is 9.25. The van der Waals surface area contributed by atoms with Gasteiger partial charge in [-0.15, -0.1) is 0 Å². The molecule has 9 aromatic rings. The lowest BCUT2D eigenvalue weighted by Gasteiger charge is -2.19. The number of hydrogen-bond donors (Lipinski definition) is 0. The minimum Gasteiger partial charge on any atom is -0.0622 e.